The first-order valence-corrected chi connectivity index (χ1v) is 5.74. The number of aromatic nitrogens is 2. The van der Waals surface area contributed by atoms with Crippen LogP contribution in [-0.2, 0) is 6.54 Å². The molecule has 0 radical (unpaired) electrons. The van der Waals surface area contributed by atoms with Crippen LogP contribution in [0.2, 0.25) is 0 Å². The summed E-state index contributed by atoms with van der Waals surface area (Å²) in [5.74, 6) is 0.990. The van der Waals surface area contributed by atoms with Crippen LogP contribution in [0.4, 0.5) is 0 Å². The highest BCUT2D eigenvalue weighted by Gasteiger charge is 2.41. The van der Waals surface area contributed by atoms with Crippen LogP contribution in [0, 0.1) is 8.99 Å². The fourth-order valence-corrected chi connectivity index (χ4v) is 2.17. The molecule has 2 rings (SSSR count). The molecule has 0 aromatic carbocycles. The summed E-state index contributed by atoms with van der Waals surface area (Å²) in [5.41, 5.74) is 0.470. The molecule has 2 nitrogen and oxygen atoms in total. The van der Waals surface area contributed by atoms with Crippen molar-refractivity contribution in [2.45, 2.75) is 19.4 Å². The Kier molecular flexibility index (Phi) is 2.37. The van der Waals surface area contributed by atoms with Gasteiger partial charge in [0.15, 0.2) is 0 Å². The lowest BCUT2D eigenvalue weighted by atomic mass is 10.1. The zero-order valence-electron chi connectivity index (χ0n) is 6.70. The van der Waals surface area contributed by atoms with Gasteiger partial charge in [0.1, 0.15) is 0 Å². The normalized spacial score (nSPS) is 19.5. The minimum atomic E-state index is 0.470. The van der Waals surface area contributed by atoms with Crippen molar-refractivity contribution in [1.29, 1.82) is 0 Å². The Morgan fingerprint density at radius 2 is 2.42 bits per heavy atom. The van der Waals surface area contributed by atoms with Gasteiger partial charge in [0.25, 0.3) is 0 Å². The van der Waals surface area contributed by atoms with E-state index in [0.29, 0.717) is 5.41 Å². The van der Waals surface area contributed by atoms with E-state index in [0.717, 1.165) is 12.3 Å². The summed E-state index contributed by atoms with van der Waals surface area (Å²) in [4.78, 5) is 0. The molecule has 0 saturated heterocycles. The predicted molar refractivity (Wildman–Crippen MR) is 60.5 cm³/mol. The van der Waals surface area contributed by atoms with Gasteiger partial charge in [-0.15, -0.1) is 0 Å². The van der Waals surface area contributed by atoms with Crippen molar-refractivity contribution >= 4 is 35.2 Å². The van der Waals surface area contributed by atoms with Gasteiger partial charge >= 0.3 is 0 Å². The molecular formula is C8H11IN2S. The van der Waals surface area contributed by atoms with Crippen LogP contribution in [0.1, 0.15) is 12.8 Å². The van der Waals surface area contributed by atoms with E-state index in [1.165, 1.54) is 16.4 Å². The average molecular weight is 294 g/mol. The van der Waals surface area contributed by atoms with E-state index >= 15 is 0 Å². The highest BCUT2D eigenvalue weighted by Crippen LogP contribution is 2.47. The molecule has 1 heterocycles. The molecule has 4 heteroatoms. The number of nitrogens with zero attached hydrogens (tertiary/aromatic N) is 2. The maximum Gasteiger partial charge on any atom is 0.0623 e. The Bertz CT molecular complexity index is 280. The quantitative estimate of drug-likeness (QED) is 0.668. The van der Waals surface area contributed by atoms with E-state index in [-0.39, 0.29) is 0 Å². The Balaban J connectivity index is 2.04. The number of halogens is 1. The summed E-state index contributed by atoms with van der Waals surface area (Å²) in [6.07, 6.45) is 6.61. The molecule has 1 aliphatic rings. The Labute approximate surface area is 91.3 Å². The fourth-order valence-electron chi connectivity index (χ4n) is 1.31. The molecule has 0 bridgehead atoms. The maximum absolute atomic E-state index is 4.36. The first kappa shape index (κ1) is 8.87. The monoisotopic (exact) mass is 294 g/mol. The number of hydrogen-bond donors (Lipinski definition) is 1. The third-order valence-corrected chi connectivity index (χ3v) is 3.62. The van der Waals surface area contributed by atoms with Gasteiger partial charge in [0, 0.05) is 12.7 Å². The van der Waals surface area contributed by atoms with Crippen LogP contribution in [0.3, 0.4) is 0 Å². The lowest BCUT2D eigenvalue weighted by molar-refractivity contribution is 0.440. The van der Waals surface area contributed by atoms with Crippen LogP contribution < -0.4 is 0 Å². The lowest BCUT2D eigenvalue weighted by Crippen LogP contribution is -2.13. The molecule has 0 aliphatic heterocycles. The first-order valence-electron chi connectivity index (χ1n) is 4.03. The molecule has 1 aromatic heterocycles. The van der Waals surface area contributed by atoms with Crippen molar-refractivity contribution < 1.29 is 0 Å². The van der Waals surface area contributed by atoms with Crippen LogP contribution in [0.15, 0.2) is 12.4 Å². The van der Waals surface area contributed by atoms with Gasteiger partial charge in [-0.05, 0) is 46.6 Å². The van der Waals surface area contributed by atoms with E-state index < -0.39 is 0 Å². The molecule has 0 unspecified atom stereocenters. The molecule has 1 aromatic rings. The molecule has 0 spiro atoms. The van der Waals surface area contributed by atoms with Gasteiger partial charge in [-0.25, -0.2) is 0 Å². The van der Waals surface area contributed by atoms with Crippen molar-refractivity contribution in [3.63, 3.8) is 0 Å². The SMILES string of the molecule is SCC1(Cn2cc(I)cn2)CC1. The Hall–Kier alpha value is 0.290. The minimum absolute atomic E-state index is 0.470. The van der Waals surface area contributed by atoms with Gasteiger partial charge < -0.3 is 0 Å². The second-order valence-corrected chi connectivity index (χ2v) is 5.08. The van der Waals surface area contributed by atoms with Gasteiger partial charge in [-0.1, -0.05) is 0 Å². The molecular weight excluding hydrogens is 283 g/mol. The van der Waals surface area contributed by atoms with Crippen molar-refractivity contribution in [3.8, 4) is 0 Å². The molecule has 12 heavy (non-hydrogen) atoms. The smallest absolute Gasteiger partial charge is 0.0623 e. The van der Waals surface area contributed by atoms with Crippen molar-refractivity contribution in [1.82, 2.24) is 9.78 Å². The highest BCUT2D eigenvalue weighted by atomic mass is 127. The second kappa shape index (κ2) is 3.21. The topological polar surface area (TPSA) is 17.8 Å². The number of thiol groups is 1. The van der Waals surface area contributed by atoms with Crippen molar-refractivity contribution in [2.75, 3.05) is 5.75 Å². The number of hydrogen-bond acceptors (Lipinski definition) is 2. The molecule has 66 valence electrons. The molecule has 1 saturated carbocycles. The third-order valence-electron chi connectivity index (χ3n) is 2.39. The van der Waals surface area contributed by atoms with E-state index in [1.54, 1.807) is 0 Å². The van der Waals surface area contributed by atoms with Gasteiger partial charge in [0.05, 0.1) is 9.77 Å². The van der Waals surface area contributed by atoms with Crippen LogP contribution in [-0.4, -0.2) is 15.5 Å². The van der Waals surface area contributed by atoms with Crippen LogP contribution >= 0.6 is 35.2 Å². The van der Waals surface area contributed by atoms with Crippen molar-refractivity contribution in [2.24, 2.45) is 5.41 Å². The van der Waals surface area contributed by atoms with Crippen LogP contribution in [0.5, 0.6) is 0 Å². The van der Waals surface area contributed by atoms with Crippen LogP contribution in [0.25, 0.3) is 0 Å². The summed E-state index contributed by atoms with van der Waals surface area (Å²) in [6.45, 7) is 1.04. The van der Waals surface area contributed by atoms with Gasteiger partial charge in [-0.2, -0.15) is 17.7 Å². The molecule has 1 aliphatic carbocycles. The summed E-state index contributed by atoms with van der Waals surface area (Å²) in [7, 11) is 0. The maximum atomic E-state index is 4.36. The molecule has 1 fully saturated rings. The summed E-state index contributed by atoms with van der Waals surface area (Å²) < 4.78 is 3.24. The largest absolute Gasteiger partial charge is 0.271 e. The van der Waals surface area contributed by atoms with E-state index in [1.807, 2.05) is 10.9 Å². The minimum Gasteiger partial charge on any atom is -0.271 e. The third kappa shape index (κ3) is 1.79. The van der Waals surface area contributed by atoms with E-state index in [2.05, 4.69) is 46.5 Å². The lowest BCUT2D eigenvalue weighted by Gasteiger charge is -2.10. The molecule has 0 amide bonds. The second-order valence-electron chi connectivity index (χ2n) is 3.51. The zero-order valence-corrected chi connectivity index (χ0v) is 9.75. The van der Waals surface area contributed by atoms with Gasteiger partial charge in [-0.3, -0.25) is 4.68 Å². The Morgan fingerprint density at radius 1 is 1.67 bits per heavy atom. The summed E-state index contributed by atoms with van der Waals surface area (Å²) in [6, 6.07) is 0. The van der Waals surface area contributed by atoms with Gasteiger partial charge in [0.2, 0.25) is 0 Å². The predicted octanol–water partition coefficient (Wildman–Crippen LogP) is 2.20. The number of rotatable bonds is 3. The standard InChI is InChI=1S/C8H11IN2S/c9-7-3-10-11(4-7)5-8(6-12)1-2-8/h3-4,12H,1-2,5-6H2. The molecule has 0 N–H and O–H groups in total. The average Bonchev–Trinajstić information content (AvgIpc) is 2.71. The highest BCUT2D eigenvalue weighted by molar-refractivity contribution is 14.1. The Morgan fingerprint density at radius 3 is 2.83 bits per heavy atom. The first-order chi connectivity index (χ1) is 5.74. The van der Waals surface area contributed by atoms with E-state index in [9.17, 15) is 0 Å². The van der Waals surface area contributed by atoms with E-state index in [4.69, 9.17) is 0 Å². The van der Waals surface area contributed by atoms with Crippen molar-refractivity contribution in [3.05, 3.63) is 16.0 Å². The fraction of sp³-hybridized carbons (Fsp3) is 0.625. The molecule has 0 atom stereocenters. The summed E-state index contributed by atoms with van der Waals surface area (Å²) in [5, 5.41) is 4.26. The summed E-state index contributed by atoms with van der Waals surface area (Å²) >= 11 is 6.64. The zero-order chi connectivity index (χ0) is 8.60.